The summed E-state index contributed by atoms with van der Waals surface area (Å²) in [6, 6.07) is 7.75. The molecule has 0 unspecified atom stereocenters. The van der Waals surface area contributed by atoms with Gasteiger partial charge in [0, 0.05) is 18.7 Å². The van der Waals surface area contributed by atoms with Crippen LogP contribution in [0, 0.1) is 6.92 Å². The van der Waals surface area contributed by atoms with Gasteiger partial charge in [0.1, 0.15) is 6.61 Å². The highest BCUT2D eigenvalue weighted by Crippen LogP contribution is 2.15. The molecule has 0 aliphatic rings. The molecule has 1 aromatic carbocycles. The number of carbonyl (C=O) groups excluding carboxylic acids is 2. The molecule has 33 heavy (non-hydrogen) atoms. The minimum atomic E-state index is -0.266. The highest BCUT2D eigenvalue weighted by molar-refractivity contribution is 5.99. The average molecular weight is 452 g/mol. The number of esters is 1. The van der Waals surface area contributed by atoms with E-state index in [1.807, 2.05) is 38.1 Å². The van der Waals surface area contributed by atoms with E-state index in [1.165, 1.54) is 18.1 Å². The molecular weight excluding hydrogens is 410 g/mol. The molecule has 0 saturated heterocycles. The van der Waals surface area contributed by atoms with Crippen molar-refractivity contribution in [3.8, 4) is 0 Å². The number of rotatable bonds is 13. The van der Waals surface area contributed by atoms with E-state index in [2.05, 4.69) is 44.3 Å². The number of benzene rings is 1. The minimum absolute atomic E-state index is 0.116. The van der Waals surface area contributed by atoms with E-state index < -0.39 is 0 Å². The molecule has 0 bridgehead atoms. The van der Waals surface area contributed by atoms with Gasteiger partial charge in [0.2, 0.25) is 5.91 Å². The van der Waals surface area contributed by atoms with Gasteiger partial charge in [-0.1, -0.05) is 52.6 Å². The van der Waals surface area contributed by atoms with E-state index in [0.29, 0.717) is 6.61 Å². The molecule has 0 aliphatic heterocycles. The number of anilines is 1. The van der Waals surface area contributed by atoms with Crippen LogP contribution in [0.15, 0.2) is 70.9 Å². The van der Waals surface area contributed by atoms with E-state index in [0.717, 1.165) is 60.9 Å². The van der Waals surface area contributed by atoms with Crippen LogP contribution in [0.5, 0.6) is 0 Å². The van der Waals surface area contributed by atoms with Gasteiger partial charge < -0.3 is 10.1 Å². The van der Waals surface area contributed by atoms with Crippen LogP contribution in [0.1, 0.15) is 78.7 Å². The van der Waals surface area contributed by atoms with Crippen LogP contribution in [0.4, 0.5) is 5.69 Å². The number of hydrogen-bond acceptors (Lipinski definition) is 3. The van der Waals surface area contributed by atoms with E-state index >= 15 is 0 Å². The molecule has 1 amide bonds. The first-order valence-corrected chi connectivity index (χ1v) is 11.8. The maximum atomic E-state index is 12.2. The maximum absolute atomic E-state index is 12.2. The summed E-state index contributed by atoms with van der Waals surface area (Å²) in [5.74, 6) is -0.382. The molecule has 0 spiro atoms. The quantitative estimate of drug-likeness (QED) is 0.191. The Morgan fingerprint density at radius 3 is 2.06 bits per heavy atom. The summed E-state index contributed by atoms with van der Waals surface area (Å²) in [7, 11) is 0. The van der Waals surface area contributed by atoms with E-state index in [1.54, 1.807) is 6.08 Å². The molecule has 1 rings (SSSR count). The van der Waals surface area contributed by atoms with Crippen molar-refractivity contribution in [2.24, 2.45) is 0 Å². The predicted octanol–water partition coefficient (Wildman–Crippen LogP) is 7.62. The van der Waals surface area contributed by atoms with Crippen molar-refractivity contribution in [2.45, 2.75) is 80.1 Å². The van der Waals surface area contributed by atoms with Crippen molar-refractivity contribution in [3.05, 3.63) is 76.4 Å². The standard InChI is InChI=1S/C29H41NO3/c1-22(2)10-7-11-23(3)12-8-14-27(21-33-26(6)31)15-9-13-25(5)20-29(32)30-28-18-16-24(4)17-19-28/h10,12,15-20H,7-9,11,13-14,21H2,1-6H3,(H,30,32). The summed E-state index contributed by atoms with van der Waals surface area (Å²) in [5, 5.41) is 2.89. The Bertz CT molecular complexity index is 882. The van der Waals surface area contributed by atoms with Crippen molar-refractivity contribution >= 4 is 17.6 Å². The molecule has 0 saturated carbocycles. The Morgan fingerprint density at radius 2 is 1.42 bits per heavy atom. The second kappa shape index (κ2) is 15.8. The molecule has 4 heteroatoms. The highest BCUT2D eigenvalue weighted by atomic mass is 16.5. The van der Waals surface area contributed by atoms with Crippen molar-refractivity contribution in [2.75, 3.05) is 11.9 Å². The number of nitrogens with one attached hydrogen (secondary N) is 1. The molecule has 0 heterocycles. The first kappa shape index (κ1) is 28.2. The summed E-state index contributed by atoms with van der Waals surface area (Å²) in [6.07, 6.45) is 13.9. The first-order valence-electron chi connectivity index (χ1n) is 11.8. The first-order chi connectivity index (χ1) is 15.7. The van der Waals surface area contributed by atoms with Gasteiger partial charge in [0.25, 0.3) is 0 Å². The van der Waals surface area contributed by atoms with Gasteiger partial charge >= 0.3 is 5.97 Å². The van der Waals surface area contributed by atoms with Crippen LogP contribution in [0.3, 0.4) is 0 Å². The molecule has 4 nitrogen and oxygen atoms in total. The molecule has 0 radical (unpaired) electrons. The molecule has 0 aliphatic carbocycles. The topological polar surface area (TPSA) is 55.4 Å². The van der Waals surface area contributed by atoms with Crippen molar-refractivity contribution in [1.29, 1.82) is 0 Å². The Morgan fingerprint density at radius 1 is 0.818 bits per heavy atom. The summed E-state index contributed by atoms with van der Waals surface area (Å²) in [6.45, 7) is 12.2. The molecule has 0 fully saturated rings. The van der Waals surface area contributed by atoms with Crippen molar-refractivity contribution < 1.29 is 14.3 Å². The van der Waals surface area contributed by atoms with Crippen molar-refractivity contribution in [1.82, 2.24) is 0 Å². The Kier molecular flexibility index (Phi) is 13.5. The maximum Gasteiger partial charge on any atom is 0.302 e. The molecular formula is C29H41NO3. The Balaban J connectivity index is 2.57. The fourth-order valence-electron chi connectivity index (χ4n) is 3.24. The fraction of sp³-hybridized carbons (Fsp3) is 0.448. The summed E-state index contributed by atoms with van der Waals surface area (Å²) in [4.78, 5) is 23.5. The number of hydrogen-bond donors (Lipinski definition) is 1. The van der Waals surface area contributed by atoms with Gasteiger partial charge in [-0.25, -0.2) is 0 Å². The predicted molar refractivity (Wildman–Crippen MR) is 139 cm³/mol. The van der Waals surface area contributed by atoms with Crippen LogP contribution >= 0.6 is 0 Å². The van der Waals surface area contributed by atoms with Crippen LogP contribution in [-0.2, 0) is 14.3 Å². The highest BCUT2D eigenvalue weighted by Gasteiger charge is 2.03. The monoisotopic (exact) mass is 451 g/mol. The second-order valence-corrected chi connectivity index (χ2v) is 8.94. The summed E-state index contributed by atoms with van der Waals surface area (Å²) >= 11 is 0. The van der Waals surface area contributed by atoms with Gasteiger partial charge in [-0.15, -0.1) is 0 Å². The van der Waals surface area contributed by atoms with E-state index in [9.17, 15) is 9.59 Å². The number of carbonyl (C=O) groups is 2. The largest absolute Gasteiger partial charge is 0.461 e. The molecule has 180 valence electrons. The Labute approximate surface area is 200 Å². The SMILES string of the molecule is CC(=O)OCC(=CCCC(C)=CC(=O)Nc1ccc(C)cc1)CCC=C(C)CCC=C(C)C. The normalized spacial score (nSPS) is 12.4. The lowest BCUT2D eigenvalue weighted by atomic mass is 10.0. The lowest BCUT2D eigenvalue weighted by molar-refractivity contribution is -0.140. The third kappa shape index (κ3) is 14.7. The summed E-state index contributed by atoms with van der Waals surface area (Å²) in [5.41, 5.74) is 6.82. The van der Waals surface area contributed by atoms with Crippen LogP contribution < -0.4 is 5.32 Å². The molecule has 0 atom stereocenters. The molecule has 0 aromatic heterocycles. The zero-order valence-corrected chi connectivity index (χ0v) is 21.3. The van der Waals surface area contributed by atoms with E-state index in [-0.39, 0.29) is 11.9 Å². The van der Waals surface area contributed by atoms with Gasteiger partial charge in [-0.2, -0.15) is 0 Å². The minimum Gasteiger partial charge on any atom is -0.461 e. The molecule has 1 N–H and O–H groups in total. The zero-order valence-electron chi connectivity index (χ0n) is 21.3. The average Bonchev–Trinajstić information content (AvgIpc) is 2.72. The van der Waals surface area contributed by atoms with Crippen LogP contribution in [0.2, 0.25) is 0 Å². The van der Waals surface area contributed by atoms with Gasteiger partial charge in [-0.3, -0.25) is 9.59 Å². The van der Waals surface area contributed by atoms with Crippen molar-refractivity contribution in [3.63, 3.8) is 0 Å². The molecule has 1 aromatic rings. The van der Waals surface area contributed by atoms with Gasteiger partial charge in [0.05, 0.1) is 0 Å². The third-order valence-electron chi connectivity index (χ3n) is 5.18. The number of allylic oxidation sites excluding steroid dienone is 6. The fourth-order valence-corrected chi connectivity index (χ4v) is 3.24. The van der Waals surface area contributed by atoms with Crippen LogP contribution in [-0.4, -0.2) is 18.5 Å². The number of amides is 1. The van der Waals surface area contributed by atoms with E-state index in [4.69, 9.17) is 4.74 Å². The third-order valence-corrected chi connectivity index (χ3v) is 5.18. The van der Waals surface area contributed by atoms with Gasteiger partial charge in [-0.05, 0) is 90.8 Å². The number of ether oxygens (including phenoxy) is 1. The smallest absolute Gasteiger partial charge is 0.302 e. The Hall–Kier alpha value is -2.88. The van der Waals surface area contributed by atoms with Crippen LogP contribution in [0.25, 0.3) is 0 Å². The lowest BCUT2D eigenvalue weighted by Gasteiger charge is -2.08. The number of aryl methyl sites for hydroxylation is 1. The van der Waals surface area contributed by atoms with Gasteiger partial charge in [0.15, 0.2) is 0 Å². The zero-order chi connectivity index (χ0) is 24.6. The lowest BCUT2D eigenvalue weighted by Crippen LogP contribution is -2.08. The summed E-state index contributed by atoms with van der Waals surface area (Å²) < 4.78 is 5.24. The second-order valence-electron chi connectivity index (χ2n) is 8.94.